The van der Waals surface area contributed by atoms with Gasteiger partial charge in [0.2, 0.25) is 5.91 Å². The van der Waals surface area contributed by atoms with Gasteiger partial charge in [0, 0.05) is 12.1 Å². The van der Waals surface area contributed by atoms with Crippen molar-refractivity contribution in [1.29, 1.82) is 0 Å². The van der Waals surface area contributed by atoms with Gasteiger partial charge in [-0.05, 0) is 44.4 Å². The van der Waals surface area contributed by atoms with E-state index < -0.39 is 0 Å². The zero-order valence-electron chi connectivity index (χ0n) is 13.3. The summed E-state index contributed by atoms with van der Waals surface area (Å²) < 4.78 is 0. The lowest BCUT2D eigenvalue weighted by Gasteiger charge is -2.33. The molecule has 2 atom stereocenters. The molecule has 3 N–H and O–H groups in total. The second-order valence-electron chi connectivity index (χ2n) is 6.13. The van der Waals surface area contributed by atoms with Gasteiger partial charge < -0.3 is 11.1 Å². The van der Waals surface area contributed by atoms with Crippen LogP contribution in [0.4, 0.5) is 0 Å². The van der Waals surface area contributed by atoms with E-state index in [0.29, 0.717) is 12.6 Å². The largest absolute Gasteiger partial charge is 0.352 e. The van der Waals surface area contributed by atoms with Crippen LogP contribution in [0.5, 0.6) is 0 Å². The Morgan fingerprint density at radius 3 is 2.67 bits per heavy atom. The number of nitrogens with zero attached hydrogens (tertiary/aromatic N) is 1. The Morgan fingerprint density at radius 2 is 2.10 bits per heavy atom. The smallest absolute Gasteiger partial charge is 0.234 e. The summed E-state index contributed by atoms with van der Waals surface area (Å²) in [6.45, 7) is 4.58. The fraction of sp³-hybridized carbons (Fsp3) is 0.588. The zero-order valence-corrected chi connectivity index (χ0v) is 13.3. The normalized spacial score (nSPS) is 17.6. The highest BCUT2D eigenvalue weighted by Gasteiger charge is 2.28. The number of benzene rings is 1. The predicted molar refractivity (Wildman–Crippen MR) is 86.0 cm³/mol. The van der Waals surface area contributed by atoms with E-state index in [1.54, 1.807) is 0 Å². The molecule has 4 nitrogen and oxygen atoms in total. The van der Waals surface area contributed by atoms with Crippen molar-refractivity contribution in [1.82, 2.24) is 10.2 Å². The van der Waals surface area contributed by atoms with Crippen LogP contribution in [0.25, 0.3) is 0 Å². The molecule has 116 valence electrons. The van der Waals surface area contributed by atoms with Crippen molar-refractivity contribution in [3.05, 3.63) is 35.4 Å². The number of hydrogen-bond acceptors (Lipinski definition) is 3. The average Bonchev–Trinajstić information content (AvgIpc) is 3.24. The first-order chi connectivity index (χ1) is 10.0. The van der Waals surface area contributed by atoms with Gasteiger partial charge >= 0.3 is 0 Å². The molecule has 0 aromatic heterocycles. The summed E-state index contributed by atoms with van der Waals surface area (Å²) in [5.74, 6) is 0.0990. The van der Waals surface area contributed by atoms with Crippen LogP contribution in [0, 0.1) is 6.92 Å². The maximum absolute atomic E-state index is 12.0. The number of amides is 1. The number of aryl methyl sites for hydroxylation is 1. The van der Waals surface area contributed by atoms with Crippen LogP contribution >= 0.6 is 0 Å². The number of carbonyl (C=O) groups excluding carboxylic acids is 1. The molecule has 1 aromatic rings. The molecule has 0 bridgehead atoms. The van der Waals surface area contributed by atoms with Crippen molar-refractivity contribution in [2.75, 3.05) is 13.6 Å². The van der Waals surface area contributed by atoms with Gasteiger partial charge in [0.25, 0.3) is 0 Å². The molecule has 1 amide bonds. The summed E-state index contributed by atoms with van der Waals surface area (Å²) in [5.41, 5.74) is 8.77. The summed E-state index contributed by atoms with van der Waals surface area (Å²) in [7, 11) is 1.99. The Kier molecular flexibility index (Phi) is 5.37. The number of likely N-dealkylation sites (N-methyl/N-ethyl adjacent to an activating group) is 1. The van der Waals surface area contributed by atoms with Gasteiger partial charge in [-0.3, -0.25) is 9.69 Å². The molecule has 4 heteroatoms. The second-order valence-corrected chi connectivity index (χ2v) is 6.13. The van der Waals surface area contributed by atoms with Gasteiger partial charge in [0.15, 0.2) is 0 Å². The molecule has 2 rings (SSSR count). The van der Waals surface area contributed by atoms with E-state index in [1.165, 1.54) is 11.1 Å². The molecule has 0 spiro atoms. The minimum absolute atomic E-state index is 0.0184. The van der Waals surface area contributed by atoms with Gasteiger partial charge in [-0.25, -0.2) is 0 Å². The lowest BCUT2D eigenvalue weighted by molar-refractivity contribution is -0.122. The monoisotopic (exact) mass is 289 g/mol. The Bertz CT molecular complexity index is 485. The van der Waals surface area contributed by atoms with E-state index in [1.807, 2.05) is 19.2 Å². The lowest BCUT2D eigenvalue weighted by atomic mass is 9.93. The van der Waals surface area contributed by atoms with E-state index in [9.17, 15) is 4.79 Å². The van der Waals surface area contributed by atoms with Crippen LogP contribution in [0.15, 0.2) is 24.3 Å². The first-order valence-electron chi connectivity index (χ1n) is 7.83. The summed E-state index contributed by atoms with van der Waals surface area (Å²) in [4.78, 5) is 14.1. The van der Waals surface area contributed by atoms with Gasteiger partial charge in [0.05, 0.1) is 12.6 Å². The highest BCUT2D eigenvalue weighted by molar-refractivity contribution is 5.78. The lowest BCUT2D eigenvalue weighted by Crippen LogP contribution is -2.44. The highest BCUT2D eigenvalue weighted by Crippen LogP contribution is 2.26. The minimum Gasteiger partial charge on any atom is -0.352 e. The van der Waals surface area contributed by atoms with Gasteiger partial charge in [0.1, 0.15) is 0 Å². The molecule has 0 saturated heterocycles. The molecule has 1 aliphatic rings. The Morgan fingerprint density at radius 1 is 1.43 bits per heavy atom. The Labute approximate surface area is 127 Å². The fourth-order valence-corrected chi connectivity index (χ4v) is 2.76. The third-order valence-corrected chi connectivity index (χ3v) is 4.19. The number of nitrogens with one attached hydrogen (secondary N) is 1. The number of hydrogen-bond donors (Lipinski definition) is 2. The van der Waals surface area contributed by atoms with E-state index in [2.05, 4.69) is 36.2 Å². The van der Waals surface area contributed by atoms with Crippen molar-refractivity contribution in [3.8, 4) is 0 Å². The summed E-state index contributed by atoms with van der Waals surface area (Å²) >= 11 is 0. The molecule has 1 saturated carbocycles. The standard InChI is InChI=1S/C17H27N3O/c1-4-15(18)17(14-8-6-5-7-12(14)2)20(3)11-16(21)19-13-9-10-13/h5-8,13,15,17H,4,9-11,18H2,1-3H3,(H,19,21). The van der Waals surface area contributed by atoms with Crippen molar-refractivity contribution in [2.45, 2.75) is 51.2 Å². The molecule has 1 aliphatic carbocycles. The van der Waals surface area contributed by atoms with Crippen molar-refractivity contribution in [2.24, 2.45) is 5.73 Å². The first-order valence-corrected chi connectivity index (χ1v) is 7.83. The molecule has 21 heavy (non-hydrogen) atoms. The summed E-state index contributed by atoms with van der Waals surface area (Å²) in [6, 6.07) is 8.78. The topological polar surface area (TPSA) is 58.4 Å². The molecule has 2 unspecified atom stereocenters. The Hall–Kier alpha value is -1.39. The molecule has 0 aliphatic heterocycles. The van der Waals surface area contributed by atoms with Crippen molar-refractivity contribution < 1.29 is 4.79 Å². The van der Waals surface area contributed by atoms with Crippen LogP contribution in [-0.4, -0.2) is 36.5 Å². The third kappa shape index (κ3) is 4.29. The molecule has 1 fully saturated rings. The van der Waals surface area contributed by atoms with E-state index in [4.69, 9.17) is 5.73 Å². The number of carbonyl (C=O) groups is 1. The van der Waals surface area contributed by atoms with Gasteiger partial charge in [-0.1, -0.05) is 31.2 Å². The molecule has 0 heterocycles. The first kappa shape index (κ1) is 16.0. The summed E-state index contributed by atoms with van der Waals surface area (Å²) in [5, 5.41) is 3.04. The number of rotatable bonds is 7. The highest BCUT2D eigenvalue weighted by atomic mass is 16.2. The van der Waals surface area contributed by atoms with Crippen LogP contribution in [0.1, 0.15) is 43.4 Å². The van der Waals surface area contributed by atoms with Crippen LogP contribution < -0.4 is 11.1 Å². The van der Waals surface area contributed by atoms with Crippen LogP contribution in [0.3, 0.4) is 0 Å². The quantitative estimate of drug-likeness (QED) is 0.807. The SMILES string of the molecule is CCC(N)C(c1ccccc1C)N(C)CC(=O)NC1CC1. The zero-order chi connectivity index (χ0) is 15.4. The average molecular weight is 289 g/mol. The fourth-order valence-electron chi connectivity index (χ4n) is 2.76. The van der Waals surface area contributed by atoms with E-state index in [-0.39, 0.29) is 18.0 Å². The minimum atomic E-state index is 0.0184. The number of nitrogens with two attached hydrogens (primary N) is 1. The maximum Gasteiger partial charge on any atom is 0.234 e. The van der Waals surface area contributed by atoms with Crippen molar-refractivity contribution in [3.63, 3.8) is 0 Å². The van der Waals surface area contributed by atoms with E-state index in [0.717, 1.165) is 19.3 Å². The van der Waals surface area contributed by atoms with Gasteiger partial charge in [-0.2, -0.15) is 0 Å². The molecular weight excluding hydrogens is 262 g/mol. The third-order valence-electron chi connectivity index (χ3n) is 4.19. The van der Waals surface area contributed by atoms with Gasteiger partial charge in [-0.15, -0.1) is 0 Å². The van der Waals surface area contributed by atoms with Crippen molar-refractivity contribution >= 4 is 5.91 Å². The Balaban J connectivity index is 2.11. The van der Waals surface area contributed by atoms with Crippen LogP contribution in [-0.2, 0) is 4.79 Å². The molecule has 1 aromatic carbocycles. The second kappa shape index (κ2) is 7.05. The maximum atomic E-state index is 12.0. The van der Waals surface area contributed by atoms with Crippen LogP contribution in [0.2, 0.25) is 0 Å². The molecular formula is C17H27N3O. The van der Waals surface area contributed by atoms with E-state index >= 15 is 0 Å². The predicted octanol–water partition coefficient (Wildman–Crippen LogP) is 1.98. The summed E-state index contributed by atoms with van der Waals surface area (Å²) in [6.07, 6.45) is 3.11. The molecule has 0 radical (unpaired) electrons.